The Kier molecular flexibility index (Phi) is 8.01. The van der Waals surface area contributed by atoms with Gasteiger partial charge in [-0.05, 0) is 62.5 Å². The summed E-state index contributed by atoms with van der Waals surface area (Å²) >= 11 is 1.40. The lowest BCUT2D eigenvalue weighted by molar-refractivity contribution is -0.118. The average molecular weight is 454 g/mol. The zero-order valence-electron chi connectivity index (χ0n) is 18.6. The number of thioether (sulfide) groups is 1. The lowest BCUT2D eigenvalue weighted by atomic mass is 9.99. The summed E-state index contributed by atoms with van der Waals surface area (Å²) in [6, 6.07) is 13.9. The Hall–Kier alpha value is -2.58. The van der Waals surface area contributed by atoms with Crippen LogP contribution in [0.5, 0.6) is 0 Å². The molecule has 32 heavy (non-hydrogen) atoms. The Morgan fingerprint density at radius 1 is 1.16 bits per heavy atom. The van der Waals surface area contributed by atoms with Crippen LogP contribution in [0, 0.1) is 5.92 Å². The lowest BCUT2D eigenvalue weighted by Gasteiger charge is -2.30. The van der Waals surface area contributed by atoms with Gasteiger partial charge in [0, 0.05) is 6.54 Å². The molecule has 0 radical (unpaired) electrons. The van der Waals surface area contributed by atoms with E-state index in [4.69, 9.17) is 4.42 Å². The van der Waals surface area contributed by atoms with Crippen LogP contribution in [0.1, 0.15) is 31.7 Å². The van der Waals surface area contributed by atoms with Crippen molar-refractivity contribution in [2.24, 2.45) is 5.92 Å². The third kappa shape index (κ3) is 6.23. The second-order valence-corrected chi connectivity index (χ2v) is 9.31. The van der Waals surface area contributed by atoms with E-state index in [2.05, 4.69) is 39.5 Å². The van der Waals surface area contributed by atoms with Crippen LogP contribution in [0.15, 0.2) is 58.3 Å². The highest BCUT2D eigenvalue weighted by atomic mass is 32.2. The number of aromatic nitrogens is 3. The average Bonchev–Trinajstić information content (AvgIpc) is 3.47. The van der Waals surface area contributed by atoms with Crippen LogP contribution in [0.4, 0.5) is 0 Å². The Morgan fingerprint density at radius 2 is 1.97 bits per heavy atom. The maximum absolute atomic E-state index is 12.4. The fourth-order valence-electron chi connectivity index (χ4n) is 3.89. The van der Waals surface area contributed by atoms with Crippen molar-refractivity contribution >= 4 is 17.7 Å². The van der Waals surface area contributed by atoms with Crippen molar-refractivity contribution in [2.45, 2.75) is 37.9 Å². The number of carbonyl (C=O) groups is 1. The lowest BCUT2D eigenvalue weighted by Crippen LogP contribution is -2.35. The van der Waals surface area contributed by atoms with Crippen molar-refractivity contribution in [3.63, 3.8) is 0 Å². The number of rotatable bonds is 10. The molecule has 0 unspecified atom stereocenters. The fraction of sp³-hybridized carbons (Fsp3) is 0.458. The Labute approximate surface area is 193 Å². The van der Waals surface area contributed by atoms with Gasteiger partial charge in [-0.15, -0.1) is 10.2 Å². The first kappa shape index (κ1) is 22.6. The molecule has 8 heteroatoms. The van der Waals surface area contributed by atoms with Crippen molar-refractivity contribution in [1.82, 2.24) is 25.0 Å². The molecule has 1 fully saturated rings. The van der Waals surface area contributed by atoms with Crippen LogP contribution in [-0.2, 0) is 11.3 Å². The highest BCUT2D eigenvalue weighted by molar-refractivity contribution is 7.99. The predicted molar refractivity (Wildman–Crippen MR) is 126 cm³/mol. The van der Waals surface area contributed by atoms with Crippen LogP contribution in [0.3, 0.4) is 0 Å². The van der Waals surface area contributed by atoms with Crippen LogP contribution in [0.2, 0.25) is 0 Å². The van der Waals surface area contributed by atoms with Gasteiger partial charge in [-0.3, -0.25) is 9.36 Å². The third-order valence-corrected chi connectivity index (χ3v) is 6.79. The Balaban J connectivity index is 1.29. The van der Waals surface area contributed by atoms with Gasteiger partial charge >= 0.3 is 0 Å². The number of nitrogens with one attached hydrogen (secondary N) is 1. The van der Waals surface area contributed by atoms with E-state index < -0.39 is 0 Å². The van der Waals surface area contributed by atoms with Crippen LogP contribution in [0.25, 0.3) is 11.6 Å². The van der Waals surface area contributed by atoms with E-state index in [0.717, 1.165) is 24.4 Å². The predicted octanol–water partition coefficient (Wildman–Crippen LogP) is 3.92. The fourth-order valence-corrected chi connectivity index (χ4v) is 4.66. The van der Waals surface area contributed by atoms with Gasteiger partial charge in [-0.25, -0.2) is 0 Å². The Bertz CT molecular complexity index is 966. The summed E-state index contributed by atoms with van der Waals surface area (Å²) in [5.41, 5.74) is 1.14. The van der Waals surface area contributed by atoms with E-state index in [-0.39, 0.29) is 5.91 Å². The summed E-state index contributed by atoms with van der Waals surface area (Å²) in [6.07, 6.45) is 5.18. The van der Waals surface area contributed by atoms with Gasteiger partial charge in [0.25, 0.3) is 0 Å². The van der Waals surface area contributed by atoms with Crippen LogP contribution >= 0.6 is 11.8 Å². The molecule has 1 aliphatic rings. The zero-order chi connectivity index (χ0) is 22.2. The molecule has 1 N–H and O–H groups in total. The second kappa shape index (κ2) is 11.3. The van der Waals surface area contributed by atoms with E-state index in [1.54, 1.807) is 6.26 Å². The van der Waals surface area contributed by atoms with Crippen molar-refractivity contribution in [3.05, 3.63) is 54.3 Å². The summed E-state index contributed by atoms with van der Waals surface area (Å²) in [6.45, 7) is 7.06. The van der Waals surface area contributed by atoms with E-state index >= 15 is 0 Å². The first-order chi connectivity index (χ1) is 15.7. The van der Waals surface area contributed by atoms with Gasteiger partial charge in [0.15, 0.2) is 10.9 Å². The number of benzene rings is 1. The van der Waals surface area contributed by atoms with Gasteiger partial charge in [0.1, 0.15) is 0 Å². The number of furan rings is 1. The molecule has 0 atom stereocenters. The largest absolute Gasteiger partial charge is 0.461 e. The number of hydrogen-bond acceptors (Lipinski definition) is 6. The first-order valence-corrected chi connectivity index (χ1v) is 12.3. The number of likely N-dealkylation sites (tertiary alicyclic amines) is 1. The van der Waals surface area contributed by atoms with E-state index in [1.165, 1.54) is 37.7 Å². The Morgan fingerprint density at radius 3 is 2.72 bits per heavy atom. The minimum absolute atomic E-state index is 0.0241. The van der Waals surface area contributed by atoms with Gasteiger partial charge in [0.2, 0.25) is 11.7 Å². The van der Waals surface area contributed by atoms with E-state index in [0.29, 0.717) is 35.6 Å². The molecule has 0 bridgehead atoms. The van der Waals surface area contributed by atoms with Crippen molar-refractivity contribution < 1.29 is 9.21 Å². The zero-order valence-corrected chi connectivity index (χ0v) is 19.4. The standard InChI is InChI=1S/C24H31N5O2S/c1-19-10-14-28(15-11-19)13-6-12-25-22(30)18-32-24-27-26-23(21-9-5-16-31-21)29(24)17-20-7-3-2-4-8-20/h2-5,7-9,16,19H,6,10-15,17-18H2,1H3,(H,25,30). The summed E-state index contributed by atoms with van der Waals surface area (Å²) in [7, 11) is 0. The molecule has 0 spiro atoms. The van der Waals surface area contributed by atoms with Crippen molar-refractivity contribution in [2.75, 3.05) is 31.9 Å². The van der Waals surface area contributed by atoms with Gasteiger partial charge in [0.05, 0.1) is 18.6 Å². The number of piperidine rings is 1. The highest BCUT2D eigenvalue weighted by Gasteiger charge is 2.18. The molecule has 3 aromatic rings. The molecule has 0 saturated carbocycles. The van der Waals surface area contributed by atoms with Crippen molar-refractivity contribution in [1.29, 1.82) is 0 Å². The molecule has 0 aliphatic carbocycles. The minimum Gasteiger partial charge on any atom is -0.461 e. The molecular formula is C24H31N5O2S. The molecule has 7 nitrogen and oxygen atoms in total. The summed E-state index contributed by atoms with van der Waals surface area (Å²) in [4.78, 5) is 14.9. The number of amides is 1. The third-order valence-electron chi connectivity index (χ3n) is 5.82. The van der Waals surface area contributed by atoms with E-state index in [1.807, 2.05) is 34.9 Å². The topological polar surface area (TPSA) is 76.2 Å². The minimum atomic E-state index is 0.0241. The van der Waals surface area contributed by atoms with Crippen LogP contribution in [-0.4, -0.2) is 57.5 Å². The molecule has 4 rings (SSSR count). The normalized spacial score (nSPS) is 15.2. The highest BCUT2D eigenvalue weighted by Crippen LogP contribution is 2.25. The molecule has 1 aliphatic heterocycles. The maximum atomic E-state index is 12.4. The quantitative estimate of drug-likeness (QED) is 0.370. The molecule has 1 amide bonds. The summed E-state index contributed by atoms with van der Waals surface area (Å²) in [5, 5.41) is 12.4. The molecule has 1 aromatic carbocycles. The molecule has 170 valence electrons. The second-order valence-electron chi connectivity index (χ2n) is 8.37. The molecule has 1 saturated heterocycles. The molecule has 2 aromatic heterocycles. The SMILES string of the molecule is CC1CCN(CCCNC(=O)CSc2nnc(-c3ccco3)n2Cc2ccccc2)CC1. The summed E-state index contributed by atoms with van der Waals surface area (Å²) < 4.78 is 7.55. The number of hydrogen-bond donors (Lipinski definition) is 1. The monoisotopic (exact) mass is 453 g/mol. The molecular weight excluding hydrogens is 422 g/mol. The van der Waals surface area contributed by atoms with E-state index in [9.17, 15) is 4.79 Å². The number of carbonyl (C=O) groups excluding carboxylic acids is 1. The van der Waals surface area contributed by atoms with Crippen molar-refractivity contribution in [3.8, 4) is 11.6 Å². The van der Waals surface area contributed by atoms with Gasteiger partial charge < -0.3 is 14.6 Å². The first-order valence-electron chi connectivity index (χ1n) is 11.3. The smallest absolute Gasteiger partial charge is 0.230 e. The van der Waals surface area contributed by atoms with Gasteiger partial charge in [-0.1, -0.05) is 49.0 Å². The summed E-state index contributed by atoms with van der Waals surface area (Å²) in [5.74, 6) is 2.51. The maximum Gasteiger partial charge on any atom is 0.230 e. The van der Waals surface area contributed by atoms with Gasteiger partial charge in [-0.2, -0.15) is 0 Å². The molecule has 3 heterocycles. The van der Waals surface area contributed by atoms with Crippen LogP contribution < -0.4 is 5.32 Å². The number of nitrogens with zero attached hydrogens (tertiary/aromatic N) is 4.